The van der Waals surface area contributed by atoms with E-state index in [9.17, 15) is 9.18 Å². The van der Waals surface area contributed by atoms with Gasteiger partial charge in [-0.2, -0.15) is 5.10 Å². The second-order valence-electron chi connectivity index (χ2n) is 5.05. The fraction of sp³-hybridized carbons (Fsp3) is 0.333. The summed E-state index contributed by atoms with van der Waals surface area (Å²) in [7, 11) is 1.77. The average Bonchev–Trinajstić information content (AvgIpc) is 3.07. The number of benzene rings is 1. The molecule has 0 radical (unpaired) electrons. The molecular formula is C15H16FN3O. The maximum atomic E-state index is 13.9. The van der Waals surface area contributed by atoms with Gasteiger partial charge in [-0.25, -0.2) is 4.39 Å². The third-order valence-electron chi connectivity index (χ3n) is 3.71. The Morgan fingerprint density at radius 2 is 2.15 bits per heavy atom. The topological polar surface area (TPSA) is 38.1 Å². The standard InChI is InChI=1S/C15H16FN3O/c1-18-10-8-13(17-18)15(20)19-9-4-7-14(19)11-5-2-3-6-12(11)16/h2-3,5-6,8,10,14H,4,7,9H2,1H3. The van der Waals surface area contributed by atoms with Crippen LogP contribution in [0.5, 0.6) is 0 Å². The van der Waals surface area contributed by atoms with Gasteiger partial charge in [0.1, 0.15) is 11.5 Å². The molecule has 0 spiro atoms. The van der Waals surface area contributed by atoms with Crippen molar-refractivity contribution in [2.75, 3.05) is 6.54 Å². The number of likely N-dealkylation sites (tertiary alicyclic amines) is 1. The molecule has 1 aromatic heterocycles. The first kappa shape index (κ1) is 12.8. The average molecular weight is 273 g/mol. The van der Waals surface area contributed by atoms with E-state index < -0.39 is 0 Å². The summed E-state index contributed by atoms with van der Waals surface area (Å²) >= 11 is 0. The van der Waals surface area contributed by atoms with E-state index in [1.54, 1.807) is 47.1 Å². The molecule has 104 valence electrons. The lowest BCUT2D eigenvalue weighted by atomic mass is 10.0. The number of carbonyl (C=O) groups is 1. The van der Waals surface area contributed by atoms with Crippen molar-refractivity contribution in [3.05, 3.63) is 53.6 Å². The maximum Gasteiger partial charge on any atom is 0.274 e. The summed E-state index contributed by atoms with van der Waals surface area (Å²) in [4.78, 5) is 14.2. The van der Waals surface area contributed by atoms with Gasteiger partial charge < -0.3 is 4.90 Å². The molecular weight excluding hydrogens is 257 g/mol. The van der Waals surface area contributed by atoms with Crippen molar-refractivity contribution in [2.24, 2.45) is 7.05 Å². The third kappa shape index (κ3) is 2.19. The summed E-state index contributed by atoms with van der Waals surface area (Å²) in [6, 6.07) is 8.17. The zero-order valence-electron chi connectivity index (χ0n) is 11.3. The predicted octanol–water partition coefficient (Wildman–Crippen LogP) is 2.54. The fourth-order valence-corrected chi connectivity index (χ4v) is 2.75. The van der Waals surface area contributed by atoms with E-state index in [2.05, 4.69) is 5.10 Å². The summed E-state index contributed by atoms with van der Waals surface area (Å²) in [6.45, 7) is 0.647. The number of carbonyl (C=O) groups excluding carboxylic acids is 1. The number of aryl methyl sites for hydroxylation is 1. The molecule has 1 aliphatic heterocycles. The smallest absolute Gasteiger partial charge is 0.274 e. The van der Waals surface area contributed by atoms with Crippen molar-refractivity contribution in [3.8, 4) is 0 Å². The quantitative estimate of drug-likeness (QED) is 0.843. The van der Waals surface area contributed by atoms with Crippen molar-refractivity contribution in [1.82, 2.24) is 14.7 Å². The van der Waals surface area contributed by atoms with Crippen LogP contribution in [-0.4, -0.2) is 27.1 Å². The largest absolute Gasteiger partial charge is 0.330 e. The number of rotatable bonds is 2. The van der Waals surface area contributed by atoms with E-state index in [0.717, 1.165) is 12.8 Å². The highest BCUT2D eigenvalue weighted by Crippen LogP contribution is 2.34. The Morgan fingerprint density at radius 1 is 1.35 bits per heavy atom. The van der Waals surface area contributed by atoms with E-state index >= 15 is 0 Å². The van der Waals surface area contributed by atoms with Gasteiger partial charge in [-0.05, 0) is 25.0 Å². The molecule has 4 nitrogen and oxygen atoms in total. The summed E-state index contributed by atoms with van der Waals surface area (Å²) in [6.07, 6.45) is 3.42. The molecule has 1 amide bonds. The fourth-order valence-electron chi connectivity index (χ4n) is 2.75. The molecule has 0 aliphatic carbocycles. The van der Waals surface area contributed by atoms with E-state index in [1.165, 1.54) is 6.07 Å². The van der Waals surface area contributed by atoms with Gasteiger partial charge in [0.05, 0.1) is 6.04 Å². The molecule has 3 rings (SSSR count). The van der Waals surface area contributed by atoms with Crippen LogP contribution in [0.3, 0.4) is 0 Å². The number of halogens is 1. The second kappa shape index (κ2) is 5.07. The highest BCUT2D eigenvalue weighted by Gasteiger charge is 2.32. The van der Waals surface area contributed by atoms with Gasteiger partial charge in [-0.15, -0.1) is 0 Å². The van der Waals surface area contributed by atoms with E-state index in [1.807, 2.05) is 0 Å². The van der Waals surface area contributed by atoms with Crippen LogP contribution >= 0.6 is 0 Å². The number of amides is 1. The Morgan fingerprint density at radius 3 is 2.85 bits per heavy atom. The summed E-state index contributed by atoms with van der Waals surface area (Å²) in [5.74, 6) is -0.380. The summed E-state index contributed by atoms with van der Waals surface area (Å²) in [5, 5.41) is 4.14. The van der Waals surface area contributed by atoms with Gasteiger partial charge in [-0.1, -0.05) is 18.2 Å². The molecule has 20 heavy (non-hydrogen) atoms. The monoisotopic (exact) mass is 273 g/mol. The van der Waals surface area contributed by atoms with Crippen LogP contribution in [0.1, 0.15) is 34.9 Å². The molecule has 1 atom stereocenters. The molecule has 1 aliphatic rings. The van der Waals surface area contributed by atoms with Gasteiger partial charge in [0.15, 0.2) is 0 Å². The van der Waals surface area contributed by atoms with Crippen molar-refractivity contribution in [3.63, 3.8) is 0 Å². The molecule has 1 aromatic carbocycles. The lowest BCUT2D eigenvalue weighted by Crippen LogP contribution is -2.31. The summed E-state index contributed by atoms with van der Waals surface area (Å²) in [5.41, 5.74) is 1.00. The van der Waals surface area contributed by atoms with Crippen molar-refractivity contribution in [1.29, 1.82) is 0 Å². The molecule has 0 saturated carbocycles. The van der Waals surface area contributed by atoms with Crippen LogP contribution in [0.2, 0.25) is 0 Å². The van der Waals surface area contributed by atoms with Gasteiger partial charge in [0, 0.05) is 25.4 Å². The highest BCUT2D eigenvalue weighted by atomic mass is 19.1. The van der Waals surface area contributed by atoms with Crippen LogP contribution in [0.15, 0.2) is 36.5 Å². The molecule has 1 saturated heterocycles. The van der Waals surface area contributed by atoms with Crippen molar-refractivity contribution >= 4 is 5.91 Å². The Kier molecular flexibility index (Phi) is 3.26. The van der Waals surface area contributed by atoms with E-state index in [0.29, 0.717) is 17.8 Å². The lowest BCUT2D eigenvalue weighted by molar-refractivity contribution is 0.0727. The minimum atomic E-state index is -0.252. The molecule has 2 aromatic rings. The molecule has 2 heterocycles. The van der Waals surface area contributed by atoms with Crippen LogP contribution in [0, 0.1) is 5.82 Å². The van der Waals surface area contributed by atoms with Gasteiger partial charge in [0.25, 0.3) is 5.91 Å². The van der Waals surface area contributed by atoms with Crippen molar-refractivity contribution < 1.29 is 9.18 Å². The number of hydrogen-bond donors (Lipinski definition) is 0. The predicted molar refractivity (Wildman–Crippen MR) is 72.6 cm³/mol. The highest BCUT2D eigenvalue weighted by molar-refractivity contribution is 5.92. The minimum Gasteiger partial charge on any atom is -0.330 e. The van der Waals surface area contributed by atoms with E-state index in [4.69, 9.17) is 0 Å². The van der Waals surface area contributed by atoms with Gasteiger partial charge in [-0.3, -0.25) is 9.48 Å². The van der Waals surface area contributed by atoms with E-state index in [-0.39, 0.29) is 17.8 Å². The Balaban J connectivity index is 1.90. The Bertz CT molecular complexity index is 638. The second-order valence-corrected chi connectivity index (χ2v) is 5.05. The summed E-state index contributed by atoms with van der Waals surface area (Å²) < 4.78 is 15.5. The molecule has 0 bridgehead atoms. The van der Waals surface area contributed by atoms with Crippen molar-refractivity contribution in [2.45, 2.75) is 18.9 Å². The Labute approximate surface area is 116 Å². The van der Waals surface area contributed by atoms with Crippen LogP contribution in [-0.2, 0) is 7.05 Å². The first-order chi connectivity index (χ1) is 9.66. The molecule has 1 unspecified atom stereocenters. The van der Waals surface area contributed by atoms with Crippen LogP contribution < -0.4 is 0 Å². The molecule has 5 heteroatoms. The maximum absolute atomic E-state index is 13.9. The Hall–Kier alpha value is -2.17. The van der Waals surface area contributed by atoms with Gasteiger partial charge in [0.2, 0.25) is 0 Å². The minimum absolute atomic E-state index is 0.128. The SMILES string of the molecule is Cn1ccc(C(=O)N2CCCC2c2ccccc2F)n1. The number of hydrogen-bond acceptors (Lipinski definition) is 2. The number of nitrogens with zero attached hydrogens (tertiary/aromatic N) is 3. The lowest BCUT2D eigenvalue weighted by Gasteiger charge is -2.24. The molecule has 0 N–H and O–H groups in total. The van der Waals surface area contributed by atoms with Gasteiger partial charge >= 0.3 is 0 Å². The zero-order valence-corrected chi connectivity index (χ0v) is 11.3. The zero-order chi connectivity index (χ0) is 14.1. The first-order valence-electron chi connectivity index (χ1n) is 6.72. The van der Waals surface area contributed by atoms with Crippen LogP contribution in [0.25, 0.3) is 0 Å². The number of aromatic nitrogens is 2. The molecule has 1 fully saturated rings. The van der Waals surface area contributed by atoms with Crippen LogP contribution in [0.4, 0.5) is 4.39 Å². The third-order valence-corrected chi connectivity index (χ3v) is 3.71. The normalized spacial score (nSPS) is 18.5. The first-order valence-corrected chi connectivity index (χ1v) is 6.72.